The van der Waals surface area contributed by atoms with E-state index >= 15 is 0 Å². The number of hydrogen-bond acceptors (Lipinski definition) is 6. The molecule has 2 unspecified atom stereocenters. The van der Waals surface area contributed by atoms with Crippen molar-refractivity contribution in [2.24, 2.45) is 0 Å². The maximum atomic E-state index is 12.6. The Morgan fingerprint density at radius 3 is 2.37 bits per heavy atom. The van der Waals surface area contributed by atoms with Crippen LogP contribution in [0.3, 0.4) is 0 Å². The molecule has 196 valence electrons. The number of nitrogens with zero attached hydrogens (tertiary/aromatic N) is 1. The van der Waals surface area contributed by atoms with Crippen LogP contribution in [0.15, 0.2) is 83.4 Å². The molecule has 2 atom stereocenters. The number of aryl methyl sites for hydroxylation is 1. The monoisotopic (exact) mass is 533 g/mol. The van der Waals surface area contributed by atoms with E-state index in [4.69, 9.17) is 20.9 Å². The van der Waals surface area contributed by atoms with Crippen LogP contribution in [0, 0.1) is 6.92 Å². The van der Waals surface area contributed by atoms with Gasteiger partial charge >= 0.3 is 12.1 Å². The van der Waals surface area contributed by atoms with Crippen molar-refractivity contribution in [3.63, 3.8) is 0 Å². The number of benzene rings is 3. The highest BCUT2D eigenvalue weighted by molar-refractivity contribution is 6.31. The van der Waals surface area contributed by atoms with Crippen LogP contribution in [0.5, 0.6) is 0 Å². The molecule has 0 aliphatic carbocycles. The van der Waals surface area contributed by atoms with Crippen molar-refractivity contribution in [3.05, 3.63) is 106 Å². The summed E-state index contributed by atoms with van der Waals surface area (Å²) in [6.45, 7) is 3.83. The average Bonchev–Trinajstić information content (AvgIpc) is 3.27. The number of carbonyl (C=O) groups is 2. The zero-order chi connectivity index (χ0) is 27.1. The lowest BCUT2D eigenvalue weighted by atomic mass is 10.0. The first-order chi connectivity index (χ1) is 18.3. The highest BCUT2D eigenvalue weighted by Gasteiger charge is 2.21. The molecular formula is C29H28ClN3O5. The fourth-order valence-corrected chi connectivity index (χ4v) is 4.28. The van der Waals surface area contributed by atoms with Gasteiger partial charge in [0.1, 0.15) is 23.5 Å². The smallest absolute Gasteiger partial charge is 0.412 e. The van der Waals surface area contributed by atoms with Gasteiger partial charge in [0.25, 0.3) is 0 Å². The van der Waals surface area contributed by atoms with Crippen LogP contribution in [-0.4, -0.2) is 28.4 Å². The Morgan fingerprint density at radius 1 is 1.00 bits per heavy atom. The number of carboxylic acids is 1. The number of carbonyl (C=O) groups excluding carboxylic acids is 1. The van der Waals surface area contributed by atoms with E-state index in [0.29, 0.717) is 46.3 Å². The number of hydrogen-bond donors (Lipinski definition) is 3. The Balaban J connectivity index is 1.40. The van der Waals surface area contributed by atoms with E-state index in [1.807, 2.05) is 66.7 Å². The molecule has 1 aromatic heterocycles. The summed E-state index contributed by atoms with van der Waals surface area (Å²) in [5, 5.41) is 19.9. The molecule has 0 aliphatic heterocycles. The minimum Gasteiger partial charge on any atom is -0.480 e. The number of amides is 1. The third-order valence-corrected chi connectivity index (χ3v) is 6.41. The highest BCUT2D eigenvalue weighted by atomic mass is 35.5. The fourth-order valence-electron chi connectivity index (χ4n) is 3.99. The third kappa shape index (κ3) is 6.79. The number of aromatic nitrogens is 1. The fraction of sp³-hybridized carbons (Fsp3) is 0.207. The number of anilines is 1. The van der Waals surface area contributed by atoms with Gasteiger partial charge in [-0.1, -0.05) is 89.6 Å². The van der Waals surface area contributed by atoms with Gasteiger partial charge in [0.15, 0.2) is 5.76 Å². The van der Waals surface area contributed by atoms with Gasteiger partial charge in [-0.25, -0.2) is 4.79 Å². The van der Waals surface area contributed by atoms with Crippen molar-refractivity contribution in [1.29, 1.82) is 0 Å². The Hall–Kier alpha value is -4.14. The van der Waals surface area contributed by atoms with E-state index in [2.05, 4.69) is 15.8 Å². The van der Waals surface area contributed by atoms with E-state index in [0.717, 1.165) is 11.1 Å². The number of nitrogens with one attached hydrogen (secondary N) is 2. The van der Waals surface area contributed by atoms with Crippen molar-refractivity contribution in [3.8, 4) is 11.3 Å². The molecule has 0 bridgehead atoms. The zero-order valence-electron chi connectivity index (χ0n) is 21.0. The summed E-state index contributed by atoms with van der Waals surface area (Å²) >= 11 is 6.21. The molecule has 1 amide bonds. The maximum Gasteiger partial charge on any atom is 0.412 e. The number of rotatable bonds is 10. The number of carboxylic acid groups (broad SMARTS) is 1. The molecule has 38 heavy (non-hydrogen) atoms. The minimum absolute atomic E-state index is 0.372. The van der Waals surface area contributed by atoms with Gasteiger partial charge in [-0.3, -0.25) is 10.1 Å². The summed E-state index contributed by atoms with van der Waals surface area (Å²) in [7, 11) is 0. The largest absolute Gasteiger partial charge is 0.480 e. The minimum atomic E-state index is -0.908. The topological polar surface area (TPSA) is 114 Å². The predicted octanol–water partition coefficient (Wildman–Crippen LogP) is 6.40. The van der Waals surface area contributed by atoms with Crippen LogP contribution in [0.4, 0.5) is 10.5 Å². The first-order valence-electron chi connectivity index (χ1n) is 12.1. The summed E-state index contributed by atoms with van der Waals surface area (Å²) in [6, 6.07) is 23.3. The second-order valence-electron chi connectivity index (χ2n) is 8.82. The number of ether oxygens (including phenoxy) is 1. The van der Waals surface area contributed by atoms with Crippen LogP contribution in [0.25, 0.3) is 11.3 Å². The van der Waals surface area contributed by atoms with Crippen LogP contribution in [0.1, 0.15) is 35.4 Å². The lowest BCUT2D eigenvalue weighted by Crippen LogP contribution is -2.38. The van der Waals surface area contributed by atoms with Crippen LogP contribution >= 0.6 is 11.6 Å². The summed E-state index contributed by atoms with van der Waals surface area (Å²) in [4.78, 5) is 24.4. The SMILES string of the molecule is Cc1noc(-c2ccc(CNC(Cc3ccccc3)C(=O)O)cc2)c1NC(=O)OC(C)c1ccccc1Cl. The Kier molecular flexibility index (Phi) is 8.78. The van der Waals surface area contributed by atoms with Crippen molar-refractivity contribution in [2.75, 3.05) is 5.32 Å². The van der Waals surface area contributed by atoms with Gasteiger partial charge in [-0.05, 0) is 37.5 Å². The van der Waals surface area contributed by atoms with Crippen molar-refractivity contribution in [2.45, 2.75) is 39.0 Å². The van der Waals surface area contributed by atoms with E-state index in [9.17, 15) is 14.7 Å². The first kappa shape index (κ1) is 26.9. The zero-order valence-corrected chi connectivity index (χ0v) is 21.7. The van der Waals surface area contributed by atoms with Crippen LogP contribution in [-0.2, 0) is 22.5 Å². The molecule has 3 N–H and O–H groups in total. The molecule has 1 heterocycles. The van der Waals surface area contributed by atoms with Crippen molar-refractivity contribution in [1.82, 2.24) is 10.5 Å². The molecule has 0 radical (unpaired) electrons. The van der Waals surface area contributed by atoms with E-state index in [-0.39, 0.29) is 0 Å². The quantitative estimate of drug-likeness (QED) is 0.216. The standard InChI is InChI=1S/C29H28ClN3O5/c1-18-26(32-29(36)37-19(2)23-10-6-7-11-24(23)30)27(38-33-18)22-14-12-21(13-15-22)17-31-25(28(34)35)16-20-8-4-3-5-9-20/h3-15,19,25,31H,16-17H2,1-2H3,(H,32,36)(H,34,35). The molecule has 4 aromatic rings. The summed E-state index contributed by atoms with van der Waals surface area (Å²) in [5.41, 5.74) is 4.14. The molecule has 8 nitrogen and oxygen atoms in total. The molecule has 0 aliphatic rings. The molecule has 3 aromatic carbocycles. The van der Waals surface area contributed by atoms with Crippen molar-refractivity contribution < 1.29 is 24.0 Å². The second-order valence-corrected chi connectivity index (χ2v) is 9.23. The molecule has 0 saturated carbocycles. The van der Waals surface area contributed by atoms with E-state index in [1.165, 1.54) is 0 Å². The molecule has 9 heteroatoms. The number of halogens is 1. The molecule has 0 fully saturated rings. The van der Waals surface area contributed by atoms with E-state index < -0.39 is 24.2 Å². The van der Waals surface area contributed by atoms with Crippen LogP contribution in [0.2, 0.25) is 5.02 Å². The van der Waals surface area contributed by atoms with Gasteiger partial charge in [-0.2, -0.15) is 0 Å². The Bertz CT molecular complexity index is 1390. The number of aliphatic carboxylic acids is 1. The lowest BCUT2D eigenvalue weighted by molar-refractivity contribution is -0.139. The predicted molar refractivity (Wildman–Crippen MR) is 145 cm³/mol. The normalized spacial score (nSPS) is 12.5. The Labute approximate surface area is 225 Å². The molecule has 4 rings (SSSR count). The Morgan fingerprint density at radius 2 is 1.68 bits per heavy atom. The summed E-state index contributed by atoms with van der Waals surface area (Å²) < 4.78 is 11.0. The van der Waals surface area contributed by atoms with Gasteiger partial charge in [0.2, 0.25) is 0 Å². The van der Waals surface area contributed by atoms with Crippen molar-refractivity contribution >= 4 is 29.4 Å². The summed E-state index contributed by atoms with van der Waals surface area (Å²) in [5.74, 6) is -0.522. The molecule has 0 spiro atoms. The van der Waals surface area contributed by atoms with Crippen LogP contribution < -0.4 is 10.6 Å². The van der Waals surface area contributed by atoms with E-state index in [1.54, 1.807) is 26.0 Å². The highest BCUT2D eigenvalue weighted by Crippen LogP contribution is 2.32. The average molecular weight is 534 g/mol. The summed E-state index contributed by atoms with van der Waals surface area (Å²) in [6.07, 6.45) is -0.842. The lowest BCUT2D eigenvalue weighted by Gasteiger charge is -2.16. The molecule has 0 saturated heterocycles. The molecular weight excluding hydrogens is 506 g/mol. The first-order valence-corrected chi connectivity index (χ1v) is 12.5. The van der Waals surface area contributed by atoms with Gasteiger partial charge in [0, 0.05) is 22.7 Å². The van der Waals surface area contributed by atoms with Gasteiger partial charge in [0.05, 0.1) is 0 Å². The van der Waals surface area contributed by atoms with Gasteiger partial charge < -0.3 is 19.7 Å². The third-order valence-electron chi connectivity index (χ3n) is 6.07. The van der Waals surface area contributed by atoms with Gasteiger partial charge in [-0.15, -0.1) is 0 Å². The maximum absolute atomic E-state index is 12.6. The second kappa shape index (κ2) is 12.4.